The molecular weight excluding hydrogens is 542 g/mol. The summed E-state index contributed by atoms with van der Waals surface area (Å²) in [7, 11) is 0. The lowest BCUT2D eigenvalue weighted by atomic mass is 9.97. The molecule has 0 fully saturated rings. The predicted octanol–water partition coefficient (Wildman–Crippen LogP) is 12.6. The molecule has 0 amide bonds. The first-order chi connectivity index (χ1) is 22.3. The van der Waals surface area contributed by atoms with E-state index in [9.17, 15) is 0 Å². The Morgan fingerprint density at radius 1 is 0.267 bits per heavy atom. The second kappa shape index (κ2) is 10.4. The fourth-order valence-corrected chi connectivity index (χ4v) is 6.99. The number of fused-ring (bicyclic) bond motifs is 7. The average molecular weight is 572 g/mol. The molecule has 0 saturated carbocycles. The minimum atomic E-state index is 1.12. The molecule has 9 aromatic carbocycles. The van der Waals surface area contributed by atoms with E-state index in [4.69, 9.17) is 0 Å². The Labute approximate surface area is 262 Å². The molecular formula is C44H29N. The zero-order chi connectivity index (χ0) is 29.7. The van der Waals surface area contributed by atoms with Crippen LogP contribution in [-0.4, -0.2) is 0 Å². The van der Waals surface area contributed by atoms with Crippen LogP contribution in [0.25, 0.3) is 65.0 Å². The fraction of sp³-hybridized carbons (Fsp3) is 0. The van der Waals surface area contributed by atoms with Crippen molar-refractivity contribution in [2.75, 3.05) is 4.90 Å². The van der Waals surface area contributed by atoms with E-state index < -0.39 is 0 Å². The number of benzene rings is 9. The summed E-state index contributed by atoms with van der Waals surface area (Å²) >= 11 is 0. The van der Waals surface area contributed by atoms with E-state index in [1.54, 1.807) is 0 Å². The van der Waals surface area contributed by atoms with Gasteiger partial charge in [0.15, 0.2) is 0 Å². The zero-order valence-corrected chi connectivity index (χ0v) is 24.7. The van der Waals surface area contributed by atoms with E-state index >= 15 is 0 Å². The molecule has 0 radical (unpaired) electrons. The highest BCUT2D eigenvalue weighted by atomic mass is 15.1. The lowest BCUT2D eigenvalue weighted by Gasteiger charge is -2.27. The predicted molar refractivity (Wildman–Crippen MR) is 194 cm³/mol. The molecule has 45 heavy (non-hydrogen) atoms. The van der Waals surface area contributed by atoms with Crippen molar-refractivity contribution in [3.8, 4) is 11.1 Å². The van der Waals surface area contributed by atoms with Crippen molar-refractivity contribution < 1.29 is 0 Å². The summed E-state index contributed by atoms with van der Waals surface area (Å²) in [6.45, 7) is 0. The molecule has 1 nitrogen and oxygen atoms in total. The molecule has 9 rings (SSSR count). The smallest absolute Gasteiger partial charge is 0.0468 e. The van der Waals surface area contributed by atoms with Crippen LogP contribution in [0.4, 0.5) is 17.1 Å². The summed E-state index contributed by atoms with van der Waals surface area (Å²) in [5.74, 6) is 0. The van der Waals surface area contributed by atoms with Crippen LogP contribution >= 0.6 is 0 Å². The first-order valence-electron chi connectivity index (χ1n) is 15.5. The quantitative estimate of drug-likeness (QED) is 0.190. The van der Waals surface area contributed by atoms with Gasteiger partial charge in [-0.3, -0.25) is 0 Å². The average Bonchev–Trinajstić information content (AvgIpc) is 3.11. The molecule has 0 atom stereocenters. The third-order valence-corrected chi connectivity index (χ3v) is 9.20. The number of hydrogen-bond donors (Lipinski definition) is 0. The highest BCUT2D eigenvalue weighted by Crippen LogP contribution is 2.40. The monoisotopic (exact) mass is 571 g/mol. The normalized spacial score (nSPS) is 11.6. The van der Waals surface area contributed by atoms with Crippen LogP contribution in [-0.2, 0) is 0 Å². The van der Waals surface area contributed by atoms with Gasteiger partial charge < -0.3 is 4.90 Å². The van der Waals surface area contributed by atoms with E-state index in [0.29, 0.717) is 0 Å². The molecule has 210 valence electrons. The van der Waals surface area contributed by atoms with Gasteiger partial charge in [-0.25, -0.2) is 0 Å². The Morgan fingerprint density at radius 3 is 1.27 bits per heavy atom. The SMILES string of the molecule is c1ccc2c(-c3ccc(N(c4ccc5c(ccc6ccccc65)c4)c4ccc5c(ccc6ccccc65)c4)cc3)cccc2c1. The third-order valence-electron chi connectivity index (χ3n) is 9.20. The molecule has 0 N–H and O–H groups in total. The maximum atomic E-state index is 2.39. The minimum Gasteiger partial charge on any atom is -0.310 e. The molecule has 0 aromatic heterocycles. The van der Waals surface area contributed by atoms with Crippen molar-refractivity contribution in [2.45, 2.75) is 0 Å². The minimum absolute atomic E-state index is 1.12. The van der Waals surface area contributed by atoms with Crippen LogP contribution in [0.2, 0.25) is 0 Å². The van der Waals surface area contributed by atoms with Gasteiger partial charge in [0.05, 0.1) is 0 Å². The Morgan fingerprint density at radius 2 is 0.689 bits per heavy atom. The molecule has 0 spiro atoms. The topological polar surface area (TPSA) is 3.24 Å². The largest absolute Gasteiger partial charge is 0.310 e. The Hall–Kier alpha value is -5.92. The first kappa shape index (κ1) is 25.6. The van der Waals surface area contributed by atoms with Crippen LogP contribution in [0.3, 0.4) is 0 Å². The molecule has 0 aliphatic heterocycles. The van der Waals surface area contributed by atoms with Gasteiger partial charge >= 0.3 is 0 Å². The van der Waals surface area contributed by atoms with Crippen molar-refractivity contribution in [2.24, 2.45) is 0 Å². The zero-order valence-electron chi connectivity index (χ0n) is 24.7. The van der Waals surface area contributed by atoms with Crippen LogP contribution in [0, 0.1) is 0 Å². The summed E-state index contributed by atoms with van der Waals surface area (Å²) in [6.07, 6.45) is 0. The van der Waals surface area contributed by atoms with Gasteiger partial charge in [-0.1, -0.05) is 140 Å². The van der Waals surface area contributed by atoms with Gasteiger partial charge in [0.25, 0.3) is 0 Å². The highest BCUT2D eigenvalue weighted by Gasteiger charge is 2.16. The lowest BCUT2D eigenvalue weighted by molar-refractivity contribution is 1.30. The summed E-state index contributed by atoms with van der Waals surface area (Å²) in [4.78, 5) is 2.39. The molecule has 1 heteroatoms. The first-order valence-corrected chi connectivity index (χ1v) is 15.5. The van der Waals surface area contributed by atoms with Crippen molar-refractivity contribution in [1.82, 2.24) is 0 Å². The van der Waals surface area contributed by atoms with Crippen molar-refractivity contribution in [3.63, 3.8) is 0 Å². The van der Waals surface area contributed by atoms with E-state index in [0.717, 1.165) is 17.1 Å². The maximum absolute atomic E-state index is 2.39. The Bertz CT molecular complexity index is 2420. The van der Waals surface area contributed by atoms with E-state index in [-0.39, 0.29) is 0 Å². The van der Waals surface area contributed by atoms with Gasteiger partial charge in [0.1, 0.15) is 0 Å². The van der Waals surface area contributed by atoms with Crippen molar-refractivity contribution in [1.29, 1.82) is 0 Å². The van der Waals surface area contributed by atoms with Gasteiger partial charge in [0, 0.05) is 17.1 Å². The van der Waals surface area contributed by atoms with Crippen LogP contribution < -0.4 is 4.90 Å². The maximum Gasteiger partial charge on any atom is 0.0468 e. The van der Waals surface area contributed by atoms with Crippen LogP contribution in [0.1, 0.15) is 0 Å². The van der Waals surface area contributed by atoms with E-state index in [1.165, 1.54) is 65.0 Å². The molecule has 0 heterocycles. The Kier molecular flexibility index (Phi) is 5.89. The Balaban J connectivity index is 1.22. The summed E-state index contributed by atoms with van der Waals surface area (Å²) < 4.78 is 0. The highest BCUT2D eigenvalue weighted by molar-refractivity contribution is 6.10. The summed E-state index contributed by atoms with van der Waals surface area (Å²) in [5, 5.41) is 12.6. The number of anilines is 3. The van der Waals surface area contributed by atoms with Crippen LogP contribution in [0.15, 0.2) is 176 Å². The third kappa shape index (κ3) is 4.32. The molecule has 0 unspecified atom stereocenters. The number of hydrogen-bond acceptors (Lipinski definition) is 1. The fourth-order valence-electron chi connectivity index (χ4n) is 6.99. The van der Waals surface area contributed by atoms with Crippen molar-refractivity contribution >= 4 is 70.9 Å². The standard InChI is InChI=1S/C44H29N/c1-4-12-39-30(8-1)11-7-15-42(39)33-20-22-36(23-21-33)45(37-24-26-43-34(28-37)18-16-31-9-2-5-13-40(31)43)38-25-27-44-35(29-38)19-17-32-10-3-6-14-41(32)44/h1-29H. The molecule has 9 aromatic rings. The van der Waals surface area contributed by atoms with Crippen molar-refractivity contribution in [3.05, 3.63) is 176 Å². The van der Waals surface area contributed by atoms with Gasteiger partial charge in [-0.2, -0.15) is 0 Å². The lowest BCUT2D eigenvalue weighted by Crippen LogP contribution is -2.10. The van der Waals surface area contributed by atoms with Crippen LogP contribution in [0.5, 0.6) is 0 Å². The molecule has 0 saturated heterocycles. The number of rotatable bonds is 4. The second-order valence-corrected chi connectivity index (χ2v) is 11.8. The van der Waals surface area contributed by atoms with Gasteiger partial charge in [-0.05, 0) is 101 Å². The van der Waals surface area contributed by atoms with Gasteiger partial charge in [-0.15, -0.1) is 0 Å². The molecule has 0 bridgehead atoms. The van der Waals surface area contributed by atoms with E-state index in [2.05, 4.69) is 181 Å². The molecule has 0 aliphatic rings. The molecule has 0 aliphatic carbocycles. The summed E-state index contributed by atoms with van der Waals surface area (Å²) in [5.41, 5.74) is 5.86. The van der Waals surface area contributed by atoms with E-state index in [1.807, 2.05) is 0 Å². The van der Waals surface area contributed by atoms with Gasteiger partial charge in [0.2, 0.25) is 0 Å². The summed E-state index contributed by atoms with van der Waals surface area (Å²) in [6, 6.07) is 64.1. The number of nitrogens with zero attached hydrogens (tertiary/aromatic N) is 1. The second-order valence-electron chi connectivity index (χ2n) is 11.8.